The van der Waals surface area contributed by atoms with Crippen LogP contribution < -0.4 is 0 Å². The summed E-state index contributed by atoms with van der Waals surface area (Å²) in [5.41, 5.74) is -0.303. The molecule has 1 unspecified atom stereocenters. The molecule has 0 saturated carbocycles. The van der Waals surface area contributed by atoms with Crippen molar-refractivity contribution in [2.75, 3.05) is 0 Å². The average Bonchev–Trinajstić information content (AvgIpc) is 3.36. The zero-order chi connectivity index (χ0) is 22.2. The molecule has 0 radical (unpaired) electrons. The molecule has 1 aliphatic rings. The molecule has 1 aliphatic heterocycles. The van der Waals surface area contributed by atoms with E-state index in [4.69, 9.17) is 0 Å². The van der Waals surface area contributed by atoms with Gasteiger partial charge in [0, 0.05) is 17.0 Å². The molecule has 1 saturated heterocycles. The number of benzene rings is 2. The maximum absolute atomic E-state index is 13.1. The lowest BCUT2D eigenvalue weighted by Gasteiger charge is -2.24. The summed E-state index contributed by atoms with van der Waals surface area (Å²) in [5.74, 6) is -2.05. The van der Waals surface area contributed by atoms with E-state index in [2.05, 4.69) is 0 Å². The summed E-state index contributed by atoms with van der Waals surface area (Å²) in [6.07, 6.45) is -4.52. The van der Waals surface area contributed by atoms with Gasteiger partial charge in [-0.05, 0) is 29.1 Å². The third kappa shape index (κ3) is 3.98. The summed E-state index contributed by atoms with van der Waals surface area (Å²) < 4.78 is 39.3. The minimum Gasteiger partial charge on any atom is -0.507 e. The number of likely N-dealkylation sites (tertiary alicyclic amines) is 1. The van der Waals surface area contributed by atoms with Gasteiger partial charge < -0.3 is 10.0 Å². The number of rotatable bonds is 4. The molecule has 2 aromatic carbocycles. The van der Waals surface area contributed by atoms with Crippen LogP contribution in [0.2, 0.25) is 0 Å². The van der Waals surface area contributed by atoms with Crippen molar-refractivity contribution in [3.8, 4) is 0 Å². The molecular formula is C23H16F3NO3S. The topological polar surface area (TPSA) is 57.6 Å². The Labute approximate surface area is 179 Å². The maximum atomic E-state index is 13.1. The Bertz CT molecular complexity index is 1150. The monoisotopic (exact) mass is 443 g/mol. The van der Waals surface area contributed by atoms with E-state index in [-0.39, 0.29) is 23.4 Å². The fourth-order valence-corrected chi connectivity index (χ4v) is 4.43. The van der Waals surface area contributed by atoms with Crippen molar-refractivity contribution in [1.82, 2.24) is 4.90 Å². The number of thiophene rings is 1. The van der Waals surface area contributed by atoms with Crippen LogP contribution in [-0.4, -0.2) is 21.7 Å². The van der Waals surface area contributed by atoms with Gasteiger partial charge in [-0.25, -0.2) is 0 Å². The molecule has 1 atom stereocenters. The number of hydrogen-bond acceptors (Lipinski definition) is 4. The fraction of sp³-hybridized carbons (Fsp3) is 0.130. The van der Waals surface area contributed by atoms with Gasteiger partial charge in [-0.15, -0.1) is 11.3 Å². The van der Waals surface area contributed by atoms with Crippen LogP contribution in [0, 0.1) is 0 Å². The molecule has 4 nitrogen and oxygen atoms in total. The molecule has 0 bridgehead atoms. The van der Waals surface area contributed by atoms with E-state index in [0.29, 0.717) is 10.4 Å². The van der Waals surface area contributed by atoms with Gasteiger partial charge in [0.1, 0.15) is 5.76 Å². The normalized spacial score (nSPS) is 18.5. The molecule has 0 aliphatic carbocycles. The van der Waals surface area contributed by atoms with Crippen molar-refractivity contribution in [3.05, 3.63) is 99.3 Å². The van der Waals surface area contributed by atoms with Crippen LogP contribution in [0.3, 0.4) is 0 Å². The number of nitrogens with zero attached hydrogens (tertiary/aromatic N) is 1. The van der Waals surface area contributed by atoms with E-state index in [1.54, 1.807) is 47.8 Å². The van der Waals surface area contributed by atoms with Gasteiger partial charge in [-0.3, -0.25) is 9.59 Å². The Hall–Kier alpha value is -3.39. The predicted molar refractivity (Wildman–Crippen MR) is 110 cm³/mol. The first-order valence-corrected chi connectivity index (χ1v) is 10.2. The highest BCUT2D eigenvalue weighted by Gasteiger charge is 2.46. The van der Waals surface area contributed by atoms with Gasteiger partial charge >= 0.3 is 6.18 Å². The molecular weight excluding hydrogens is 427 g/mol. The van der Waals surface area contributed by atoms with Crippen LogP contribution in [0.5, 0.6) is 0 Å². The smallest absolute Gasteiger partial charge is 0.416 e. The number of Topliss-reactive ketones (excluding diaryl/α,β-unsaturated/α-hetero) is 1. The van der Waals surface area contributed by atoms with Gasteiger partial charge in [-0.2, -0.15) is 13.2 Å². The van der Waals surface area contributed by atoms with Gasteiger partial charge in [0.15, 0.2) is 0 Å². The number of aliphatic hydroxyl groups is 1. The Morgan fingerprint density at radius 2 is 1.74 bits per heavy atom. The summed E-state index contributed by atoms with van der Waals surface area (Å²) in [6.45, 7) is -0.206. The lowest BCUT2D eigenvalue weighted by molar-refractivity contribution is -0.140. The van der Waals surface area contributed by atoms with E-state index >= 15 is 0 Å². The summed E-state index contributed by atoms with van der Waals surface area (Å²) in [4.78, 5) is 27.6. The molecule has 1 N–H and O–H groups in total. The van der Waals surface area contributed by atoms with Crippen molar-refractivity contribution in [2.24, 2.45) is 0 Å². The second kappa shape index (κ2) is 8.03. The van der Waals surface area contributed by atoms with E-state index < -0.39 is 29.5 Å². The second-order valence-corrected chi connectivity index (χ2v) is 7.99. The number of alkyl halides is 3. The second-order valence-electron chi connectivity index (χ2n) is 7.01. The van der Waals surface area contributed by atoms with Crippen molar-refractivity contribution in [2.45, 2.75) is 18.8 Å². The molecule has 1 aromatic heterocycles. The Morgan fingerprint density at radius 3 is 2.39 bits per heavy atom. The largest absolute Gasteiger partial charge is 0.507 e. The van der Waals surface area contributed by atoms with E-state index in [9.17, 15) is 27.9 Å². The van der Waals surface area contributed by atoms with Crippen molar-refractivity contribution in [3.63, 3.8) is 0 Å². The molecule has 8 heteroatoms. The van der Waals surface area contributed by atoms with Crippen LogP contribution in [0.4, 0.5) is 13.2 Å². The molecule has 3 aromatic rings. The SMILES string of the molecule is O=C1C(=O)N(Cc2cccc(C(F)(F)F)c2)C(c2cccs2)/C1=C(/O)c1ccccc1. The number of aliphatic hydroxyl groups excluding tert-OH is 1. The summed E-state index contributed by atoms with van der Waals surface area (Å²) in [5, 5.41) is 12.6. The molecule has 31 heavy (non-hydrogen) atoms. The number of hydrogen-bond donors (Lipinski definition) is 1. The van der Waals surface area contributed by atoms with E-state index in [0.717, 1.165) is 12.1 Å². The number of carbonyl (C=O) groups excluding carboxylic acids is 2. The highest BCUT2D eigenvalue weighted by molar-refractivity contribution is 7.10. The van der Waals surface area contributed by atoms with Crippen molar-refractivity contribution < 1.29 is 27.9 Å². The van der Waals surface area contributed by atoms with Crippen LogP contribution in [0.1, 0.15) is 27.6 Å². The number of ketones is 1. The quantitative estimate of drug-likeness (QED) is 0.334. The standard InChI is InChI=1S/C23H16F3NO3S/c24-23(25,26)16-9-4-6-14(12-16)13-27-19(17-10-5-11-31-17)18(21(29)22(27)30)20(28)15-7-2-1-3-8-15/h1-12,19,28H,13H2/b20-18-. The maximum Gasteiger partial charge on any atom is 0.416 e. The highest BCUT2D eigenvalue weighted by Crippen LogP contribution is 2.42. The van der Waals surface area contributed by atoms with Crippen LogP contribution >= 0.6 is 11.3 Å². The Kier molecular flexibility index (Phi) is 5.41. The number of carbonyl (C=O) groups is 2. The average molecular weight is 443 g/mol. The van der Waals surface area contributed by atoms with Crippen LogP contribution in [0.25, 0.3) is 5.76 Å². The molecule has 0 spiro atoms. The third-order valence-electron chi connectivity index (χ3n) is 5.01. The summed E-state index contributed by atoms with van der Waals surface area (Å²) in [6, 6.07) is 15.6. The zero-order valence-corrected chi connectivity index (χ0v) is 16.8. The highest BCUT2D eigenvalue weighted by atomic mass is 32.1. The van der Waals surface area contributed by atoms with Crippen LogP contribution in [-0.2, 0) is 22.3 Å². The molecule has 2 heterocycles. The van der Waals surface area contributed by atoms with E-state index in [1.807, 2.05) is 0 Å². The van der Waals surface area contributed by atoms with Gasteiger partial charge in [0.05, 0.1) is 17.2 Å². The minimum atomic E-state index is -4.52. The van der Waals surface area contributed by atoms with Crippen molar-refractivity contribution in [1.29, 1.82) is 0 Å². The first kappa shape index (κ1) is 20.9. The number of amides is 1. The lowest BCUT2D eigenvalue weighted by Crippen LogP contribution is -2.29. The first-order valence-electron chi connectivity index (χ1n) is 9.30. The molecule has 1 fully saturated rings. The predicted octanol–water partition coefficient (Wildman–Crippen LogP) is 5.39. The molecule has 4 rings (SSSR count). The summed E-state index contributed by atoms with van der Waals surface area (Å²) >= 11 is 1.29. The number of halogens is 3. The first-order chi connectivity index (χ1) is 14.8. The van der Waals surface area contributed by atoms with Crippen molar-refractivity contribution >= 4 is 28.8 Å². The van der Waals surface area contributed by atoms with E-state index in [1.165, 1.54) is 28.4 Å². The van der Waals surface area contributed by atoms with Crippen LogP contribution in [0.15, 0.2) is 77.7 Å². The minimum absolute atomic E-state index is 0.0781. The van der Waals surface area contributed by atoms with Gasteiger partial charge in [-0.1, -0.05) is 48.5 Å². The lowest BCUT2D eigenvalue weighted by atomic mass is 9.99. The summed E-state index contributed by atoms with van der Waals surface area (Å²) in [7, 11) is 0. The Morgan fingerprint density at radius 1 is 1.00 bits per heavy atom. The fourth-order valence-electron chi connectivity index (χ4n) is 3.58. The molecule has 1 amide bonds. The van der Waals surface area contributed by atoms with Gasteiger partial charge in [0.2, 0.25) is 0 Å². The third-order valence-corrected chi connectivity index (χ3v) is 5.93. The van der Waals surface area contributed by atoms with Gasteiger partial charge in [0.25, 0.3) is 11.7 Å². The Balaban J connectivity index is 1.80. The zero-order valence-electron chi connectivity index (χ0n) is 16.0. The molecule has 158 valence electrons.